The van der Waals surface area contributed by atoms with Crippen LogP contribution in [-0.4, -0.2) is 10.2 Å². The Kier molecular flexibility index (Phi) is 5.79. The van der Waals surface area contributed by atoms with Crippen LogP contribution in [0.25, 0.3) is 6.08 Å². The van der Waals surface area contributed by atoms with Crippen molar-refractivity contribution in [2.45, 2.75) is 13.5 Å². The molecule has 144 valence electrons. The summed E-state index contributed by atoms with van der Waals surface area (Å²) in [6, 6.07) is 25.4. The van der Waals surface area contributed by atoms with E-state index < -0.39 is 0 Å². The number of aryl methyl sites for hydroxylation is 1. The first-order valence-electron chi connectivity index (χ1n) is 9.22. The van der Waals surface area contributed by atoms with Crippen molar-refractivity contribution in [3.8, 4) is 5.75 Å². The summed E-state index contributed by atoms with van der Waals surface area (Å²) < 4.78 is 6.44. The summed E-state index contributed by atoms with van der Waals surface area (Å²) in [5.74, 6) is 0.702. The molecule has 0 aromatic heterocycles. The molecule has 29 heavy (non-hydrogen) atoms. The molecule has 4 rings (SSSR count). The van der Waals surface area contributed by atoms with Crippen molar-refractivity contribution in [1.29, 1.82) is 0 Å². The molecule has 3 nitrogen and oxygen atoms in total. The Balaban J connectivity index is 1.45. The predicted octanol–water partition coefficient (Wildman–Crippen LogP) is 5.98. The number of para-hydroxylation sites is 1. The summed E-state index contributed by atoms with van der Waals surface area (Å²) in [6.07, 6.45) is 1.87. The van der Waals surface area contributed by atoms with Crippen molar-refractivity contribution < 1.29 is 9.53 Å². The second-order valence-electron chi connectivity index (χ2n) is 6.64. The van der Waals surface area contributed by atoms with Gasteiger partial charge in [0.25, 0.3) is 5.91 Å². The first kappa shape index (κ1) is 19.4. The highest BCUT2D eigenvalue weighted by molar-refractivity contribution is 8.27. The van der Waals surface area contributed by atoms with Gasteiger partial charge in [-0.25, -0.2) is 0 Å². The van der Waals surface area contributed by atoms with Crippen molar-refractivity contribution in [3.63, 3.8) is 0 Å². The van der Waals surface area contributed by atoms with Crippen LogP contribution in [0, 0.1) is 6.92 Å². The Bertz CT molecular complexity index is 1080. The van der Waals surface area contributed by atoms with E-state index in [4.69, 9.17) is 17.0 Å². The molecule has 1 amide bonds. The van der Waals surface area contributed by atoms with E-state index in [1.54, 1.807) is 4.90 Å². The molecule has 0 radical (unpaired) electrons. The average Bonchev–Trinajstić information content (AvgIpc) is 3.02. The zero-order chi connectivity index (χ0) is 20.2. The molecule has 1 fully saturated rings. The second-order valence-corrected chi connectivity index (χ2v) is 8.31. The van der Waals surface area contributed by atoms with Crippen LogP contribution in [0.2, 0.25) is 0 Å². The van der Waals surface area contributed by atoms with Crippen molar-refractivity contribution in [1.82, 2.24) is 0 Å². The number of thioether (sulfide) groups is 1. The van der Waals surface area contributed by atoms with Crippen LogP contribution >= 0.6 is 24.0 Å². The van der Waals surface area contributed by atoms with Gasteiger partial charge in [0.05, 0.1) is 10.6 Å². The summed E-state index contributed by atoms with van der Waals surface area (Å²) in [5, 5.41) is 0. The lowest BCUT2D eigenvalue weighted by molar-refractivity contribution is -0.113. The molecule has 0 saturated carbocycles. The van der Waals surface area contributed by atoms with Gasteiger partial charge in [-0.2, -0.15) is 0 Å². The smallest absolute Gasteiger partial charge is 0.270 e. The maximum absolute atomic E-state index is 12.8. The maximum atomic E-state index is 12.8. The van der Waals surface area contributed by atoms with E-state index in [1.807, 2.05) is 72.8 Å². The van der Waals surface area contributed by atoms with Crippen LogP contribution in [0.5, 0.6) is 5.75 Å². The largest absolute Gasteiger partial charge is 0.489 e. The number of carbonyl (C=O) groups is 1. The number of hydrogen-bond acceptors (Lipinski definition) is 4. The molecule has 0 atom stereocenters. The predicted molar refractivity (Wildman–Crippen MR) is 124 cm³/mol. The van der Waals surface area contributed by atoms with Gasteiger partial charge >= 0.3 is 0 Å². The zero-order valence-electron chi connectivity index (χ0n) is 15.9. The van der Waals surface area contributed by atoms with E-state index >= 15 is 0 Å². The molecule has 1 saturated heterocycles. The van der Waals surface area contributed by atoms with Gasteiger partial charge in [0.1, 0.15) is 12.4 Å². The first-order valence-corrected chi connectivity index (χ1v) is 10.4. The van der Waals surface area contributed by atoms with E-state index in [0.29, 0.717) is 15.8 Å². The quantitative estimate of drug-likeness (QED) is 0.377. The highest BCUT2D eigenvalue weighted by Crippen LogP contribution is 2.36. The summed E-state index contributed by atoms with van der Waals surface area (Å²) in [5.41, 5.74) is 4.10. The number of hydrogen-bond donors (Lipinski definition) is 0. The molecule has 0 unspecified atom stereocenters. The lowest BCUT2D eigenvalue weighted by atomic mass is 10.1. The van der Waals surface area contributed by atoms with Crippen LogP contribution in [0.15, 0.2) is 83.8 Å². The molecule has 3 aromatic rings. The fourth-order valence-electron chi connectivity index (χ4n) is 3.01. The van der Waals surface area contributed by atoms with Crippen molar-refractivity contribution in [2.75, 3.05) is 4.90 Å². The highest BCUT2D eigenvalue weighted by Gasteiger charge is 2.33. The fraction of sp³-hybridized carbons (Fsp3) is 0.0833. The molecule has 1 aliphatic heterocycles. The number of benzene rings is 3. The van der Waals surface area contributed by atoms with Gasteiger partial charge in [-0.15, -0.1) is 0 Å². The fourth-order valence-corrected chi connectivity index (χ4v) is 4.31. The molecule has 0 spiro atoms. The zero-order valence-corrected chi connectivity index (χ0v) is 17.5. The van der Waals surface area contributed by atoms with Crippen LogP contribution in [0.4, 0.5) is 5.69 Å². The number of thiocarbonyl (C=S) groups is 1. The Morgan fingerprint density at radius 3 is 2.38 bits per heavy atom. The third-order valence-electron chi connectivity index (χ3n) is 4.64. The first-order chi connectivity index (χ1) is 14.1. The van der Waals surface area contributed by atoms with Crippen molar-refractivity contribution >= 4 is 46.0 Å². The molecule has 1 aliphatic rings. The summed E-state index contributed by atoms with van der Waals surface area (Å²) in [7, 11) is 0. The van der Waals surface area contributed by atoms with Crippen molar-refractivity contribution in [3.05, 3.63) is 100 Å². The van der Waals surface area contributed by atoms with E-state index in [2.05, 4.69) is 19.1 Å². The van der Waals surface area contributed by atoms with Crippen LogP contribution in [0.1, 0.15) is 16.7 Å². The maximum Gasteiger partial charge on any atom is 0.270 e. The van der Waals surface area contributed by atoms with Crippen molar-refractivity contribution in [2.24, 2.45) is 0 Å². The minimum atomic E-state index is -0.0916. The summed E-state index contributed by atoms with van der Waals surface area (Å²) in [4.78, 5) is 15.0. The van der Waals surface area contributed by atoms with Crippen LogP contribution < -0.4 is 9.64 Å². The third-order valence-corrected chi connectivity index (χ3v) is 5.94. The monoisotopic (exact) mass is 417 g/mol. The highest BCUT2D eigenvalue weighted by atomic mass is 32.2. The number of amides is 1. The molecule has 0 aliphatic carbocycles. The summed E-state index contributed by atoms with van der Waals surface area (Å²) in [6.45, 7) is 2.61. The van der Waals surface area contributed by atoms with Gasteiger partial charge in [0, 0.05) is 0 Å². The number of ether oxygens (including phenoxy) is 1. The van der Waals surface area contributed by atoms with Gasteiger partial charge < -0.3 is 4.74 Å². The molecule has 1 heterocycles. The molecule has 5 heteroatoms. The van der Waals surface area contributed by atoms with E-state index in [1.165, 1.54) is 22.9 Å². The van der Waals surface area contributed by atoms with Gasteiger partial charge in [0.2, 0.25) is 0 Å². The number of rotatable bonds is 5. The SMILES string of the molecule is Cc1ccccc1COc1ccc(/C=C2/SC(=S)N(c3ccccc3)C2=O)cc1. The Labute approximate surface area is 180 Å². The second kappa shape index (κ2) is 8.64. The molecular weight excluding hydrogens is 398 g/mol. The molecule has 0 N–H and O–H groups in total. The van der Waals surface area contributed by atoms with Crippen LogP contribution in [-0.2, 0) is 11.4 Å². The van der Waals surface area contributed by atoms with E-state index in [9.17, 15) is 4.79 Å². The standard InChI is InChI=1S/C24H19NO2S2/c1-17-7-5-6-8-19(17)16-27-21-13-11-18(12-14-21)15-22-23(26)25(24(28)29-22)20-9-3-2-4-10-20/h2-15H,16H2,1H3/b22-15+. The third kappa shape index (κ3) is 4.42. The van der Waals surface area contributed by atoms with Gasteiger partial charge in [-0.1, -0.05) is 78.6 Å². The Morgan fingerprint density at radius 1 is 0.966 bits per heavy atom. The van der Waals surface area contributed by atoms with Crippen LogP contribution in [0.3, 0.4) is 0 Å². The van der Waals surface area contributed by atoms with Gasteiger partial charge in [-0.05, 0) is 54.0 Å². The molecule has 3 aromatic carbocycles. The topological polar surface area (TPSA) is 29.5 Å². The lowest BCUT2D eigenvalue weighted by Gasteiger charge is -2.13. The minimum absolute atomic E-state index is 0.0916. The normalized spacial score (nSPS) is 15.2. The number of carbonyl (C=O) groups excluding carboxylic acids is 1. The molecular formula is C24H19NO2S2. The molecule has 0 bridgehead atoms. The van der Waals surface area contributed by atoms with E-state index in [0.717, 1.165) is 17.0 Å². The lowest BCUT2D eigenvalue weighted by Crippen LogP contribution is -2.27. The van der Waals surface area contributed by atoms with Gasteiger partial charge in [-0.3, -0.25) is 9.69 Å². The van der Waals surface area contributed by atoms with E-state index in [-0.39, 0.29) is 5.91 Å². The Morgan fingerprint density at radius 2 is 1.66 bits per heavy atom. The number of anilines is 1. The number of nitrogens with zero attached hydrogens (tertiary/aromatic N) is 1. The van der Waals surface area contributed by atoms with Gasteiger partial charge in [0.15, 0.2) is 4.32 Å². The summed E-state index contributed by atoms with van der Waals surface area (Å²) >= 11 is 6.73. The average molecular weight is 418 g/mol. The Hall–Kier alpha value is -2.89. The minimum Gasteiger partial charge on any atom is -0.489 e.